The molecule has 1 aliphatic carbocycles. The van der Waals surface area contributed by atoms with Crippen LogP contribution in [0.5, 0.6) is 6.01 Å². The van der Waals surface area contributed by atoms with Crippen LogP contribution in [-0.2, 0) is 30.2 Å². The highest BCUT2D eigenvalue weighted by molar-refractivity contribution is 5.94. The van der Waals surface area contributed by atoms with Crippen molar-refractivity contribution in [3.05, 3.63) is 70.9 Å². The molecule has 0 radical (unpaired) electrons. The number of hydrogen-bond donors (Lipinski definition) is 2. The summed E-state index contributed by atoms with van der Waals surface area (Å²) in [4.78, 5) is 19.4. The molecular formula is C23H19F3N4O2. The lowest BCUT2D eigenvalue weighted by Gasteiger charge is -2.19. The Hall–Kier alpha value is -3.62. The van der Waals surface area contributed by atoms with Crippen molar-refractivity contribution in [3.63, 3.8) is 0 Å². The predicted molar refractivity (Wildman–Crippen MR) is 112 cm³/mol. The van der Waals surface area contributed by atoms with Crippen molar-refractivity contribution in [2.75, 3.05) is 10.6 Å². The molecule has 1 amide bonds. The maximum absolute atomic E-state index is 13.6. The zero-order valence-corrected chi connectivity index (χ0v) is 16.9. The molecule has 6 nitrogen and oxygen atoms in total. The fourth-order valence-corrected chi connectivity index (χ4v) is 4.07. The van der Waals surface area contributed by atoms with Crippen LogP contribution in [0.1, 0.15) is 28.7 Å². The van der Waals surface area contributed by atoms with E-state index < -0.39 is 11.7 Å². The molecule has 0 saturated heterocycles. The first-order valence-electron chi connectivity index (χ1n) is 10.2. The van der Waals surface area contributed by atoms with Gasteiger partial charge in [0.15, 0.2) is 0 Å². The van der Waals surface area contributed by atoms with Crippen molar-refractivity contribution in [1.29, 1.82) is 0 Å². The molecule has 1 aliphatic heterocycles. The Bertz CT molecular complexity index is 1170. The zero-order chi connectivity index (χ0) is 22.3. The van der Waals surface area contributed by atoms with E-state index in [-0.39, 0.29) is 23.8 Å². The number of alkyl halides is 3. The van der Waals surface area contributed by atoms with Crippen LogP contribution in [0.2, 0.25) is 0 Å². The highest BCUT2D eigenvalue weighted by atomic mass is 19.4. The topological polar surface area (TPSA) is 76.1 Å². The molecule has 9 heteroatoms. The minimum absolute atomic E-state index is 0.0794. The van der Waals surface area contributed by atoms with E-state index in [0.717, 1.165) is 22.9 Å². The molecule has 164 valence electrons. The number of halogens is 3. The molecule has 3 aromatic rings. The van der Waals surface area contributed by atoms with Gasteiger partial charge in [-0.25, -0.2) is 4.98 Å². The number of fused-ring (bicyclic) bond motifs is 2. The summed E-state index contributed by atoms with van der Waals surface area (Å²) in [6.07, 6.45) is -1.97. The first-order chi connectivity index (χ1) is 15.3. The van der Waals surface area contributed by atoms with Gasteiger partial charge in [0, 0.05) is 36.8 Å². The molecule has 32 heavy (non-hydrogen) atoms. The van der Waals surface area contributed by atoms with Gasteiger partial charge in [-0.1, -0.05) is 24.3 Å². The molecule has 0 bridgehead atoms. The molecule has 0 saturated carbocycles. The van der Waals surface area contributed by atoms with Crippen LogP contribution in [0.15, 0.2) is 48.7 Å². The fraction of sp³-hybridized carbons (Fsp3) is 0.261. The molecule has 0 unspecified atom stereocenters. The summed E-state index contributed by atoms with van der Waals surface area (Å²) >= 11 is 0. The van der Waals surface area contributed by atoms with Gasteiger partial charge in [-0.15, -0.1) is 0 Å². The number of carbonyl (C=O) groups excluding carboxylic acids is 1. The van der Waals surface area contributed by atoms with Crippen molar-refractivity contribution < 1.29 is 22.7 Å². The van der Waals surface area contributed by atoms with Gasteiger partial charge < -0.3 is 15.4 Å². The highest BCUT2D eigenvalue weighted by Gasteiger charge is 2.36. The largest absolute Gasteiger partial charge is 0.459 e. The number of nitrogens with one attached hydrogen (secondary N) is 2. The average Bonchev–Trinajstić information content (AvgIpc) is 3.15. The van der Waals surface area contributed by atoms with Crippen molar-refractivity contribution in [1.82, 2.24) is 9.97 Å². The molecular weight excluding hydrogens is 421 g/mol. The van der Waals surface area contributed by atoms with E-state index in [4.69, 9.17) is 4.74 Å². The summed E-state index contributed by atoms with van der Waals surface area (Å²) < 4.78 is 46.6. The lowest BCUT2D eigenvalue weighted by molar-refractivity contribution is -0.137. The van der Waals surface area contributed by atoms with E-state index in [0.29, 0.717) is 37.1 Å². The van der Waals surface area contributed by atoms with E-state index in [1.165, 1.54) is 0 Å². The van der Waals surface area contributed by atoms with Crippen molar-refractivity contribution in [3.8, 4) is 6.01 Å². The average molecular weight is 440 g/mol. The lowest BCUT2D eigenvalue weighted by atomic mass is 10.0. The normalized spacial score (nSPS) is 15.7. The number of ether oxygens (including phenoxy) is 1. The first-order valence-corrected chi connectivity index (χ1v) is 10.2. The summed E-state index contributed by atoms with van der Waals surface area (Å²) in [5, 5.41) is 5.51. The molecule has 2 aliphatic rings. The summed E-state index contributed by atoms with van der Waals surface area (Å²) in [6, 6.07) is 12.8. The Labute approximate surface area is 181 Å². The van der Waals surface area contributed by atoms with E-state index in [1.807, 2.05) is 24.3 Å². The number of hydrogen-bond acceptors (Lipinski definition) is 5. The number of benzene rings is 2. The first kappa shape index (κ1) is 20.3. The second-order valence-electron chi connectivity index (χ2n) is 7.87. The Balaban J connectivity index is 1.40. The van der Waals surface area contributed by atoms with E-state index >= 15 is 0 Å². The molecule has 0 spiro atoms. The third kappa shape index (κ3) is 4.10. The second-order valence-corrected chi connectivity index (χ2v) is 7.87. The number of amides is 1. The van der Waals surface area contributed by atoms with Gasteiger partial charge in [0.05, 0.1) is 0 Å². The van der Waals surface area contributed by atoms with Crippen LogP contribution >= 0.6 is 0 Å². The third-order valence-electron chi connectivity index (χ3n) is 5.62. The molecule has 2 heterocycles. The van der Waals surface area contributed by atoms with E-state index in [2.05, 4.69) is 20.6 Å². The van der Waals surface area contributed by atoms with E-state index in [9.17, 15) is 18.0 Å². The minimum Gasteiger partial charge on any atom is -0.459 e. The molecule has 2 aromatic carbocycles. The van der Waals surface area contributed by atoms with Crippen LogP contribution in [0.4, 0.5) is 30.4 Å². The zero-order valence-electron chi connectivity index (χ0n) is 16.9. The van der Waals surface area contributed by atoms with Gasteiger partial charge in [-0.2, -0.15) is 18.2 Å². The van der Waals surface area contributed by atoms with Crippen LogP contribution in [0.3, 0.4) is 0 Å². The second kappa shape index (κ2) is 7.81. The van der Waals surface area contributed by atoms with Gasteiger partial charge in [0.2, 0.25) is 5.91 Å². The van der Waals surface area contributed by atoms with Gasteiger partial charge in [0.25, 0.3) is 0 Å². The van der Waals surface area contributed by atoms with Crippen LogP contribution in [-0.4, -0.2) is 22.0 Å². The summed E-state index contributed by atoms with van der Waals surface area (Å²) in [5.41, 5.74) is 3.27. The van der Waals surface area contributed by atoms with Crippen LogP contribution in [0.25, 0.3) is 0 Å². The number of aryl methyl sites for hydroxylation is 1. The van der Waals surface area contributed by atoms with E-state index in [1.54, 1.807) is 18.2 Å². The molecule has 5 rings (SSSR count). The fourth-order valence-electron chi connectivity index (χ4n) is 4.07. The quantitative estimate of drug-likeness (QED) is 0.617. The van der Waals surface area contributed by atoms with Crippen molar-refractivity contribution in [2.45, 2.75) is 38.0 Å². The number of carbonyl (C=O) groups is 1. The van der Waals surface area contributed by atoms with Gasteiger partial charge in [-0.05, 0) is 41.3 Å². The molecule has 0 fully saturated rings. The Morgan fingerprint density at radius 2 is 1.78 bits per heavy atom. The Morgan fingerprint density at radius 3 is 2.50 bits per heavy atom. The number of aromatic nitrogens is 2. The molecule has 0 atom stereocenters. The third-order valence-corrected chi connectivity index (χ3v) is 5.62. The standard InChI is InChI=1S/C23H19F3N4O2/c24-23(25,26)18-12-27-22(32-17-10-13-3-1-2-4-14(13)11-17)30-21(18)28-16-6-7-19-15(9-16)5-8-20(31)29-19/h1-4,6-7,9,12,17H,5,8,10-11H2,(H,29,31)(H,27,28,30). The highest BCUT2D eigenvalue weighted by Crippen LogP contribution is 2.36. The minimum atomic E-state index is -4.63. The molecule has 1 aromatic heterocycles. The van der Waals surface area contributed by atoms with Crippen LogP contribution in [0, 0.1) is 0 Å². The van der Waals surface area contributed by atoms with Gasteiger partial charge >= 0.3 is 12.2 Å². The lowest BCUT2D eigenvalue weighted by Crippen LogP contribution is -2.20. The van der Waals surface area contributed by atoms with Crippen molar-refractivity contribution in [2.24, 2.45) is 0 Å². The smallest absolute Gasteiger partial charge is 0.421 e. The number of rotatable bonds is 4. The number of nitrogens with zero attached hydrogens (tertiary/aromatic N) is 2. The van der Waals surface area contributed by atoms with Crippen LogP contribution < -0.4 is 15.4 Å². The number of anilines is 3. The Kier molecular flexibility index (Phi) is 4.96. The maximum Gasteiger partial charge on any atom is 0.421 e. The summed E-state index contributed by atoms with van der Waals surface area (Å²) in [6.45, 7) is 0. The predicted octanol–water partition coefficient (Wildman–Crippen LogP) is 4.67. The Morgan fingerprint density at radius 1 is 1.03 bits per heavy atom. The van der Waals surface area contributed by atoms with Gasteiger partial charge in [-0.3, -0.25) is 4.79 Å². The monoisotopic (exact) mass is 440 g/mol. The van der Waals surface area contributed by atoms with Crippen molar-refractivity contribution >= 4 is 23.1 Å². The summed E-state index contributed by atoms with van der Waals surface area (Å²) in [5.74, 6) is -0.456. The SMILES string of the molecule is O=C1CCc2cc(Nc3nc(OC4Cc5ccccc5C4)ncc3C(F)(F)F)ccc2N1. The van der Waals surface area contributed by atoms with Gasteiger partial charge in [0.1, 0.15) is 17.5 Å². The maximum atomic E-state index is 13.6. The summed E-state index contributed by atoms with van der Waals surface area (Å²) in [7, 11) is 0. The molecule has 2 N–H and O–H groups in total.